The van der Waals surface area contributed by atoms with Gasteiger partial charge in [0.1, 0.15) is 12.2 Å². The van der Waals surface area contributed by atoms with E-state index in [4.69, 9.17) is 9.47 Å². The largest absolute Gasteiger partial charge is 0.462 e. The fourth-order valence-electron chi connectivity index (χ4n) is 5.40. The molecule has 0 radical (unpaired) electrons. The number of ether oxygens (including phenoxy) is 2. The molecule has 5 heteroatoms. The van der Waals surface area contributed by atoms with E-state index in [1.165, 1.54) is 6.92 Å². The van der Waals surface area contributed by atoms with Crippen LogP contribution >= 0.6 is 0 Å². The summed E-state index contributed by atoms with van der Waals surface area (Å²) in [4.78, 5) is 23.7. The van der Waals surface area contributed by atoms with E-state index in [0.717, 1.165) is 19.3 Å². The number of fused-ring (bicyclic) bond motifs is 2. The third-order valence-electron chi connectivity index (χ3n) is 6.18. The first-order valence-electron chi connectivity index (χ1n) is 8.26. The molecule has 1 saturated heterocycles. The number of carbonyl (C=O) groups is 2. The van der Waals surface area contributed by atoms with E-state index in [-0.39, 0.29) is 41.2 Å². The summed E-state index contributed by atoms with van der Waals surface area (Å²) in [6, 6.07) is 0. The summed E-state index contributed by atoms with van der Waals surface area (Å²) >= 11 is 0. The Hall–Kier alpha value is -1.10. The average Bonchev–Trinajstić information content (AvgIpc) is 2.61. The minimum atomic E-state index is -0.885. The highest BCUT2D eigenvalue weighted by Gasteiger charge is 2.64. The minimum absolute atomic E-state index is 0.154. The highest BCUT2D eigenvalue weighted by atomic mass is 16.6. The molecule has 0 spiro atoms. The van der Waals surface area contributed by atoms with Crippen molar-refractivity contribution in [1.82, 2.24) is 0 Å². The molecule has 7 atom stereocenters. The third-order valence-corrected chi connectivity index (χ3v) is 6.18. The first-order valence-corrected chi connectivity index (χ1v) is 8.26. The second kappa shape index (κ2) is 4.95. The van der Waals surface area contributed by atoms with Gasteiger partial charge < -0.3 is 14.6 Å². The third kappa shape index (κ3) is 2.25. The van der Waals surface area contributed by atoms with Gasteiger partial charge in [0.15, 0.2) is 0 Å². The molecule has 1 aliphatic heterocycles. The van der Waals surface area contributed by atoms with Gasteiger partial charge in [-0.05, 0) is 31.6 Å². The molecule has 0 aromatic rings. The molecule has 0 aromatic carbocycles. The molecule has 0 unspecified atom stereocenters. The Kier molecular flexibility index (Phi) is 3.55. The Morgan fingerprint density at radius 3 is 2.68 bits per heavy atom. The maximum Gasteiger partial charge on any atom is 0.309 e. The second-order valence-electron chi connectivity index (χ2n) is 7.96. The number of aliphatic hydroxyl groups is 1. The van der Waals surface area contributed by atoms with Gasteiger partial charge >= 0.3 is 11.9 Å². The average molecular weight is 310 g/mol. The van der Waals surface area contributed by atoms with Gasteiger partial charge in [0.2, 0.25) is 0 Å². The predicted molar refractivity (Wildman–Crippen MR) is 78.8 cm³/mol. The van der Waals surface area contributed by atoms with Crippen molar-refractivity contribution in [1.29, 1.82) is 0 Å². The molecule has 22 heavy (non-hydrogen) atoms. The summed E-state index contributed by atoms with van der Waals surface area (Å²) in [7, 11) is 0. The van der Waals surface area contributed by atoms with Gasteiger partial charge in [-0.2, -0.15) is 0 Å². The van der Waals surface area contributed by atoms with Crippen molar-refractivity contribution in [3.63, 3.8) is 0 Å². The van der Waals surface area contributed by atoms with Gasteiger partial charge in [0.25, 0.3) is 0 Å². The highest BCUT2D eigenvalue weighted by Crippen LogP contribution is 2.59. The fourth-order valence-corrected chi connectivity index (χ4v) is 5.40. The van der Waals surface area contributed by atoms with Crippen molar-refractivity contribution in [2.45, 2.75) is 71.2 Å². The lowest BCUT2D eigenvalue weighted by atomic mass is 9.51. The maximum atomic E-state index is 12.0. The van der Waals surface area contributed by atoms with Gasteiger partial charge in [-0.1, -0.05) is 20.3 Å². The molecular weight excluding hydrogens is 284 g/mol. The molecule has 1 heterocycles. The predicted octanol–water partition coefficient (Wildman–Crippen LogP) is 2.06. The van der Waals surface area contributed by atoms with Crippen molar-refractivity contribution in [3.05, 3.63) is 0 Å². The van der Waals surface area contributed by atoms with E-state index in [2.05, 4.69) is 6.92 Å². The van der Waals surface area contributed by atoms with E-state index in [9.17, 15) is 14.7 Å². The Morgan fingerprint density at radius 2 is 2.05 bits per heavy atom. The molecule has 124 valence electrons. The highest BCUT2D eigenvalue weighted by molar-refractivity contribution is 5.75. The molecule has 2 saturated carbocycles. The van der Waals surface area contributed by atoms with Crippen molar-refractivity contribution in [2.75, 3.05) is 0 Å². The smallest absolute Gasteiger partial charge is 0.309 e. The van der Waals surface area contributed by atoms with Gasteiger partial charge in [-0.3, -0.25) is 9.59 Å². The van der Waals surface area contributed by atoms with Crippen LogP contribution in [0, 0.1) is 23.2 Å². The van der Waals surface area contributed by atoms with Crippen LogP contribution in [-0.4, -0.2) is 34.9 Å². The van der Waals surface area contributed by atoms with Crippen molar-refractivity contribution >= 4 is 11.9 Å². The molecule has 3 fully saturated rings. The van der Waals surface area contributed by atoms with Crippen LogP contribution in [0.15, 0.2) is 0 Å². The normalized spacial score (nSPS) is 50.8. The zero-order valence-electron chi connectivity index (χ0n) is 13.8. The monoisotopic (exact) mass is 310 g/mol. The molecule has 5 nitrogen and oxygen atoms in total. The Bertz CT molecular complexity index is 499. The van der Waals surface area contributed by atoms with Crippen molar-refractivity contribution < 1.29 is 24.2 Å². The van der Waals surface area contributed by atoms with E-state index in [1.807, 2.05) is 13.8 Å². The summed E-state index contributed by atoms with van der Waals surface area (Å²) < 4.78 is 11.2. The van der Waals surface area contributed by atoms with E-state index in [0.29, 0.717) is 6.42 Å². The van der Waals surface area contributed by atoms with Gasteiger partial charge in [0, 0.05) is 18.8 Å². The molecule has 0 amide bonds. The SMILES string of the molecule is CC(=O)O[C@H]1[C@H]2[C@H](C[C@@]3(C)CCC[C@](C)(O)[C@H]13)OC(=O)[C@@H]2C. The quantitative estimate of drug-likeness (QED) is 0.751. The number of carbonyl (C=O) groups excluding carboxylic acids is 2. The zero-order valence-corrected chi connectivity index (χ0v) is 13.8. The standard InChI is InChI=1S/C17H26O5/c1-9-12-11(22-15(9)19)8-16(3)6-5-7-17(4,20)14(16)13(12)21-10(2)18/h9,11-14,20H,5-8H2,1-4H3/t9-,11+,12-,13+,14-,16-,17+/m1/s1. The first kappa shape index (κ1) is 15.8. The number of esters is 2. The Morgan fingerprint density at radius 1 is 1.36 bits per heavy atom. The second-order valence-corrected chi connectivity index (χ2v) is 7.96. The van der Waals surface area contributed by atoms with E-state index < -0.39 is 11.7 Å². The summed E-state index contributed by atoms with van der Waals surface area (Å²) in [5.41, 5.74) is -1.06. The van der Waals surface area contributed by atoms with Crippen LogP contribution in [0.4, 0.5) is 0 Å². The van der Waals surface area contributed by atoms with Gasteiger partial charge in [0.05, 0.1) is 11.5 Å². The summed E-state index contributed by atoms with van der Waals surface area (Å²) in [6.45, 7) is 7.20. The van der Waals surface area contributed by atoms with Crippen LogP contribution in [0.5, 0.6) is 0 Å². The number of hydrogen-bond donors (Lipinski definition) is 1. The maximum absolute atomic E-state index is 12.0. The first-order chi connectivity index (χ1) is 10.2. The zero-order chi connectivity index (χ0) is 16.3. The molecule has 1 N–H and O–H groups in total. The van der Waals surface area contributed by atoms with Crippen molar-refractivity contribution in [3.8, 4) is 0 Å². The molecule has 2 aliphatic carbocycles. The molecule has 3 rings (SSSR count). The molecule has 0 bridgehead atoms. The Balaban J connectivity index is 2.04. The fraction of sp³-hybridized carbons (Fsp3) is 0.882. The summed E-state index contributed by atoms with van der Waals surface area (Å²) in [6.07, 6.45) is 2.67. The molecule has 3 aliphatic rings. The van der Waals surface area contributed by atoms with E-state index in [1.54, 1.807) is 0 Å². The summed E-state index contributed by atoms with van der Waals surface area (Å²) in [5, 5.41) is 11.0. The van der Waals surface area contributed by atoms with Crippen LogP contribution in [0.25, 0.3) is 0 Å². The van der Waals surface area contributed by atoms with Gasteiger partial charge in [-0.15, -0.1) is 0 Å². The molecular formula is C17H26O5. The lowest BCUT2D eigenvalue weighted by molar-refractivity contribution is -0.213. The lowest BCUT2D eigenvalue weighted by Gasteiger charge is -2.57. The van der Waals surface area contributed by atoms with Crippen LogP contribution < -0.4 is 0 Å². The van der Waals surface area contributed by atoms with Crippen molar-refractivity contribution in [2.24, 2.45) is 23.2 Å². The minimum Gasteiger partial charge on any atom is -0.462 e. The summed E-state index contributed by atoms with van der Waals surface area (Å²) in [5.74, 6) is -1.18. The van der Waals surface area contributed by atoms with Crippen LogP contribution in [0.3, 0.4) is 0 Å². The number of rotatable bonds is 1. The topological polar surface area (TPSA) is 72.8 Å². The Labute approximate surface area is 131 Å². The van der Waals surface area contributed by atoms with Gasteiger partial charge in [-0.25, -0.2) is 0 Å². The number of hydrogen-bond acceptors (Lipinski definition) is 5. The van der Waals surface area contributed by atoms with E-state index >= 15 is 0 Å². The van der Waals surface area contributed by atoms with Crippen LogP contribution in [-0.2, 0) is 19.1 Å². The lowest BCUT2D eigenvalue weighted by Crippen LogP contribution is -2.62. The van der Waals surface area contributed by atoms with Crippen LogP contribution in [0.2, 0.25) is 0 Å². The molecule has 0 aromatic heterocycles. The van der Waals surface area contributed by atoms with Crippen LogP contribution in [0.1, 0.15) is 53.4 Å².